The summed E-state index contributed by atoms with van der Waals surface area (Å²) >= 11 is 1.23. The number of benzene rings is 2. The fourth-order valence-corrected chi connectivity index (χ4v) is 3.22. The average molecular weight is 328 g/mol. The van der Waals surface area contributed by atoms with Crippen LogP contribution < -0.4 is 4.80 Å². The van der Waals surface area contributed by atoms with Crippen LogP contribution in [-0.2, 0) is 6.54 Å². The summed E-state index contributed by atoms with van der Waals surface area (Å²) in [5, 5.41) is 0. The summed E-state index contributed by atoms with van der Waals surface area (Å²) in [6.45, 7) is 0.204. The molecule has 0 aliphatic heterocycles. The first-order valence-electron chi connectivity index (χ1n) is 6.66. The Bertz CT molecular complexity index is 991. The Balaban J connectivity index is 2.20. The number of thiazole rings is 1. The fraction of sp³-hybridized carbons (Fsp3) is 0.0588. The zero-order valence-corrected chi connectivity index (χ0v) is 12.6. The number of carbonyl (C=O) groups is 1. The summed E-state index contributed by atoms with van der Waals surface area (Å²) in [5.74, 6) is -0.368. The van der Waals surface area contributed by atoms with Gasteiger partial charge in [-0.05, 0) is 24.3 Å². The number of hydrogen-bond acceptors (Lipinski definition) is 2. The van der Waals surface area contributed by atoms with Crippen molar-refractivity contribution in [3.05, 3.63) is 64.5 Å². The molecular weight excluding hydrogens is 318 g/mol. The van der Waals surface area contributed by atoms with Gasteiger partial charge >= 0.3 is 0 Å². The molecule has 6 heteroatoms. The van der Waals surface area contributed by atoms with Crippen LogP contribution in [0.15, 0.2) is 47.5 Å². The van der Waals surface area contributed by atoms with Gasteiger partial charge < -0.3 is 4.57 Å². The molecule has 3 rings (SSSR count). The van der Waals surface area contributed by atoms with E-state index in [1.165, 1.54) is 17.4 Å². The summed E-state index contributed by atoms with van der Waals surface area (Å²) in [5.41, 5.74) is 0.146. The molecule has 1 heterocycles. The van der Waals surface area contributed by atoms with Crippen molar-refractivity contribution in [2.45, 2.75) is 6.54 Å². The van der Waals surface area contributed by atoms with Crippen LogP contribution in [-0.4, -0.2) is 10.5 Å². The zero-order valence-electron chi connectivity index (χ0n) is 11.8. The van der Waals surface area contributed by atoms with Crippen LogP contribution in [0.5, 0.6) is 0 Å². The average Bonchev–Trinajstić information content (AvgIpc) is 2.85. The molecule has 2 aromatic carbocycles. The molecule has 0 atom stereocenters. The first kappa shape index (κ1) is 15.1. The Labute approximate surface area is 134 Å². The molecule has 0 spiro atoms. The van der Waals surface area contributed by atoms with Crippen LogP contribution in [0.3, 0.4) is 0 Å². The van der Waals surface area contributed by atoms with Gasteiger partial charge in [-0.1, -0.05) is 35.5 Å². The fourth-order valence-electron chi connectivity index (χ4n) is 2.20. The van der Waals surface area contributed by atoms with Crippen LogP contribution in [0.25, 0.3) is 10.2 Å². The van der Waals surface area contributed by atoms with Gasteiger partial charge in [0, 0.05) is 0 Å². The van der Waals surface area contributed by atoms with Gasteiger partial charge in [0.2, 0.25) is 0 Å². The SMILES string of the molecule is C#CCn1c(=NC(=O)c2c(F)cccc2F)sc2ccccc21. The standard InChI is InChI=1S/C17H10F2N2OS/c1-2-10-21-13-8-3-4-9-14(13)23-17(21)20-16(22)15-11(18)6-5-7-12(15)19/h1,3-9H,10H2. The molecule has 0 aliphatic carbocycles. The van der Waals surface area contributed by atoms with Gasteiger partial charge in [0.05, 0.1) is 16.8 Å². The highest BCUT2D eigenvalue weighted by atomic mass is 32.1. The van der Waals surface area contributed by atoms with Gasteiger partial charge in [-0.2, -0.15) is 4.99 Å². The highest BCUT2D eigenvalue weighted by Crippen LogP contribution is 2.17. The highest BCUT2D eigenvalue weighted by molar-refractivity contribution is 7.16. The Hall–Kier alpha value is -2.78. The number of carbonyl (C=O) groups excluding carboxylic acids is 1. The lowest BCUT2D eigenvalue weighted by atomic mass is 10.2. The Kier molecular flexibility index (Phi) is 4.04. The maximum atomic E-state index is 13.7. The molecule has 23 heavy (non-hydrogen) atoms. The first-order valence-corrected chi connectivity index (χ1v) is 7.48. The molecule has 0 saturated heterocycles. The molecule has 0 fully saturated rings. The monoisotopic (exact) mass is 328 g/mol. The van der Waals surface area contributed by atoms with Crippen molar-refractivity contribution in [3.8, 4) is 12.3 Å². The van der Waals surface area contributed by atoms with Gasteiger partial charge in [-0.25, -0.2) is 8.78 Å². The maximum absolute atomic E-state index is 13.7. The molecule has 0 aliphatic rings. The topological polar surface area (TPSA) is 34.4 Å². The number of rotatable bonds is 2. The van der Waals surface area contributed by atoms with Crippen LogP contribution in [0.1, 0.15) is 10.4 Å². The van der Waals surface area contributed by atoms with Crippen molar-refractivity contribution < 1.29 is 13.6 Å². The minimum atomic E-state index is -0.974. The van der Waals surface area contributed by atoms with E-state index < -0.39 is 23.1 Å². The van der Waals surface area contributed by atoms with E-state index in [4.69, 9.17) is 6.42 Å². The number of nitrogens with zero attached hydrogens (tertiary/aromatic N) is 2. The molecule has 114 valence electrons. The number of para-hydroxylation sites is 1. The number of aromatic nitrogens is 1. The summed E-state index contributed by atoms with van der Waals surface area (Å²) in [4.78, 5) is 16.4. The molecule has 3 aromatic rings. The normalized spacial score (nSPS) is 11.6. The predicted molar refractivity (Wildman–Crippen MR) is 84.9 cm³/mol. The second-order valence-electron chi connectivity index (χ2n) is 4.66. The van der Waals surface area contributed by atoms with Crippen molar-refractivity contribution >= 4 is 27.5 Å². The van der Waals surface area contributed by atoms with Crippen molar-refractivity contribution in [2.75, 3.05) is 0 Å². The Morgan fingerprint density at radius 2 is 1.87 bits per heavy atom. The quantitative estimate of drug-likeness (QED) is 0.664. The van der Waals surface area contributed by atoms with E-state index in [-0.39, 0.29) is 6.54 Å². The van der Waals surface area contributed by atoms with E-state index in [1.54, 1.807) is 4.57 Å². The van der Waals surface area contributed by atoms with Gasteiger partial charge in [0.1, 0.15) is 17.2 Å². The molecule has 0 N–H and O–H groups in total. The van der Waals surface area contributed by atoms with E-state index in [9.17, 15) is 13.6 Å². The van der Waals surface area contributed by atoms with Crippen LogP contribution in [0, 0.1) is 24.0 Å². The molecule has 1 aromatic heterocycles. The lowest BCUT2D eigenvalue weighted by molar-refractivity contribution is 0.0990. The van der Waals surface area contributed by atoms with Crippen LogP contribution in [0.4, 0.5) is 8.78 Å². The number of halogens is 2. The Morgan fingerprint density at radius 1 is 1.17 bits per heavy atom. The highest BCUT2D eigenvalue weighted by Gasteiger charge is 2.17. The number of terminal acetylenes is 1. The summed E-state index contributed by atoms with van der Waals surface area (Å²) in [6, 6.07) is 10.6. The van der Waals surface area contributed by atoms with E-state index >= 15 is 0 Å². The van der Waals surface area contributed by atoms with Crippen molar-refractivity contribution in [1.82, 2.24) is 4.57 Å². The van der Waals surface area contributed by atoms with Gasteiger partial charge in [-0.15, -0.1) is 6.42 Å². The predicted octanol–water partition coefficient (Wildman–Crippen LogP) is 3.36. The molecule has 0 unspecified atom stereocenters. The minimum absolute atomic E-state index is 0.204. The molecule has 0 radical (unpaired) electrons. The number of fused-ring (bicyclic) bond motifs is 1. The van der Waals surface area contributed by atoms with E-state index in [0.717, 1.165) is 22.3 Å². The second kappa shape index (κ2) is 6.15. The second-order valence-corrected chi connectivity index (χ2v) is 5.67. The lowest BCUT2D eigenvalue weighted by Gasteiger charge is -2.01. The smallest absolute Gasteiger partial charge is 0.285 e. The summed E-state index contributed by atoms with van der Waals surface area (Å²) in [7, 11) is 0. The zero-order chi connectivity index (χ0) is 16.4. The molecule has 0 saturated carbocycles. The van der Waals surface area contributed by atoms with Gasteiger partial charge in [0.25, 0.3) is 5.91 Å². The molecule has 0 bridgehead atoms. The number of hydrogen-bond donors (Lipinski definition) is 0. The molecule has 3 nitrogen and oxygen atoms in total. The van der Waals surface area contributed by atoms with E-state index in [0.29, 0.717) is 4.80 Å². The minimum Gasteiger partial charge on any atom is -0.305 e. The van der Waals surface area contributed by atoms with Crippen LogP contribution >= 0.6 is 11.3 Å². The summed E-state index contributed by atoms with van der Waals surface area (Å²) in [6.07, 6.45) is 5.36. The third-order valence-corrected chi connectivity index (χ3v) is 4.27. The first-order chi connectivity index (χ1) is 11.1. The molecular formula is C17H10F2N2OS. The van der Waals surface area contributed by atoms with Crippen molar-refractivity contribution in [2.24, 2.45) is 4.99 Å². The molecule has 1 amide bonds. The largest absolute Gasteiger partial charge is 0.305 e. The van der Waals surface area contributed by atoms with Crippen molar-refractivity contribution in [3.63, 3.8) is 0 Å². The lowest BCUT2D eigenvalue weighted by Crippen LogP contribution is -2.17. The maximum Gasteiger partial charge on any atom is 0.285 e. The van der Waals surface area contributed by atoms with E-state index in [1.807, 2.05) is 24.3 Å². The summed E-state index contributed by atoms with van der Waals surface area (Å²) < 4.78 is 29.9. The van der Waals surface area contributed by atoms with Gasteiger partial charge in [0.15, 0.2) is 4.80 Å². The van der Waals surface area contributed by atoms with Gasteiger partial charge in [-0.3, -0.25) is 4.79 Å². The Morgan fingerprint density at radius 3 is 2.57 bits per heavy atom. The van der Waals surface area contributed by atoms with Crippen molar-refractivity contribution in [1.29, 1.82) is 0 Å². The number of amides is 1. The third-order valence-electron chi connectivity index (χ3n) is 3.21. The van der Waals surface area contributed by atoms with Crippen LogP contribution in [0.2, 0.25) is 0 Å². The van der Waals surface area contributed by atoms with E-state index in [2.05, 4.69) is 10.9 Å². The third kappa shape index (κ3) is 2.79.